The summed E-state index contributed by atoms with van der Waals surface area (Å²) in [6, 6.07) is 0. The fourth-order valence-corrected chi connectivity index (χ4v) is 2.15. The summed E-state index contributed by atoms with van der Waals surface area (Å²) in [6.07, 6.45) is 0. The van der Waals surface area contributed by atoms with E-state index >= 15 is 0 Å². The van der Waals surface area contributed by atoms with Gasteiger partial charge < -0.3 is 5.73 Å². The van der Waals surface area contributed by atoms with Gasteiger partial charge in [0.15, 0.2) is 0 Å². The van der Waals surface area contributed by atoms with Gasteiger partial charge in [-0.15, -0.1) is 0 Å². The van der Waals surface area contributed by atoms with Crippen molar-refractivity contribution in [1.82, 2.24) is 0 Å². The van der Waals surface area contributed by atoms with Gasteiger partial charge in [0.2, 0.25) is 0 Å². The Kier molecular flexibility index (Phi) is 3.19. The van der Waals surface area contributed by atoms with Gasteiger partial charge >= 0.3 is 0 Å². The van der Waals surface area contributed by atoms with Gasteiger partial charge in [-0.3, -0.25) is 10.1 Å². The van der Waals surface area contributed by atoms with E-state index in [1.54, 1.807) is 6.92 Å². The van der Waals surface area contributed by atoms with E-state index in [1.807, 2.05) is 34.6 Å². The minimum Gasteiger partial charge on any atom is -0.398 e. The zero-order chi connectivity index (χ0) is 13.5. The number of benzene rings is 1. The number of nitrogens with zero attached hydrogens (tertiary/aromatic N) is 1. The zero-order valence-corrected chi connectivity index (χ0v) is 11.3. The van der Waals surface area contributed by atoms with Crippen LogP contribution in [0.2, 0.25) is 0 Å². The fourth-order valence-electron chi connectivity index (χ4n) is 2.15. The second-order valence-corrected chi connectivity index (χ2v) is 5.52. The molecule has 0 aliphatic carbocycles. The van der Waals surface area contributed by atoms with Gasteiger partial charge in [0.05, 0.1) is 10.5 Å². The van der Waals surface area contributed by atoms with Crippen molar-refractivity contribution < 1.29 is 4.92 Å². The molecule has 2 N–H and O–H groups in total. The molecule has 0 atom stereocenters. The summed E-state index contributed by atoms with van der Waals surface area (Å²) in [5.74, 6) is 0. The molecule has 0 aliphatic heterocycles. The molecule has 1 rings (SSSR count). The van der Waals surface area contributed by atoms with Crippen LogP contribution in [0.3, 0.4) is 0 Å². The van der Waals surface area contributed by atoms with E-state index in [0.717, 1.165) is 11.1 Å². The molecule has 0 aliphatic rings. The van der Waals surface area contributed by atoms with Crippen LogP contribution in [-0.4, -0.2) is 4.92 Å². The highest BCUT2D eigenvalue weighted by molar-refractivity contribution is 5.70. The Hall–Kier alpha value is -1.58. The second-order valence-electron chi connectivity index (χ2n) is 5.52. The first kappa shape index (κ1) is 13.5. The lowest BCUT2D eigenvalue weighted by Gasteiger charge is -2.24. The fraction of sp³-hybridized carbons (Fsp3) is 0.538. The van der Waals surface area contributed by atoms with Crippen molar-refractivity contribution in [2.24, 2.45) is 0 Å². The number of anilines is 1. The van der Waals surface area contributed by atoms with Crippen molar-refractivity contribution >= 4 is 11.4 Å². The lowest BCUT2D eigenvalue weighted by Crippen LogP contribution is -2.19. The average molecular weight is 236 g/mol. The van der Waals surface area contributed by atoms with Gasteiger partial charge in [0, 0.05) is 11.3 Å². The lowest BCUT2D eigenvalue weighted by molar-refractivity contribution is -0.386. The number of nitrogen functional groups attached to an aromatic ring is 1. The number of hydrogen-bond acceptors (Lipinski definition) is 3. The molecule has 0 spiro atoms. The van der Waals surface area contributed by atoms with Crippen LogP contribution >= 0.6 is 0 Å². The largest absolute Gasteiger partial charge is 0.398 e. The van der Waals surface area contributed by atoms with Gasteiger partial charge in [0.25, 0.3) is 5.69 Å². The first-order valence-electron chi connectivity index (χ1n) is 5.63. The molecule has 0 saturated carbocycles. The normalized spacial score (nSPS) is 11.6. The molecule has 0 bridgehead atoms. The van der Waals surface area contributed by atoms with E-state index in [-0.39, 0.29) is 16.0 Å². The van der Waals surface area contributed by atoms with Crippen LogP contribution in [0.1, 0.15) is 43.0 Å². The van der Waals surface area contributed by atoms with Crippen LogP contribution in [0.25, 0.3) is 0 Å². The minimum atomic E-state index is -0.338. The Morgan fingerprint density at radius 1 is 1.06 bits per heavy atom. The third kappa shape index (κ3) is 2.12. The molecule has 0 saturated heterocycles. The predicted octanol–water partition coefficient (Wildman–Crippen LogP) is 3.40. The number of nitro benzene ring substituents is 1. The summed E-state index contributed by atoms with van der Waals surface area (Å²) >= 11 is 0. The molecule has 0 fully saturated rings. The topological polar surface area (TPSA) is 69.2 Å². The van der Waals surface area contributed by atoms with Gasteiger partial charge in [-0.2, -0.15) is 0 Å². The highest BCUT2D eigenvalue weighted by atomic mass is 16.6. The standard InChI is InChI=1S/C13H20N2O2/c1-7-8(2)11(14)10(13(4,5)6)12(9(7)3)15(16)17/h14H2,1-6H3. The molecule has 1 aromatic carbocycles. The van der Waals surface area contributed by atoms with Crippen LogP contribution in [0.4, 0.5) is 11.4 Å². The van der Waals surface area contributed by atoms with Gasteiger partial charge in [0.1, 0.15) is 0 Å². The third-order valence-electron chi connectivity index (χ3n) is 3.32. The second kappa shape index (κ2) is 4.02. The molecular formula is C13H20N2O2. The molecular weight excluding hydrogens is 216 g/mol. The Morgan fingerprint density at radius 3 is 1.88 bits per heavy atom. The van der Waals surface area contributed by atoms with Crippen molar-refractivity contribution in [3.8, 4) is 0 Å². The molecule has 0 aromatic heterocycles. The van der Waals surface area contributed by atoms with Crippen LogP contribution in [0, 0.1) is 30.9 Å². The Morgan fingerprint density at radius 2 is 1.53 bits per heavy atom. The summed E-state index contributed by atoms with van der Waals surface area (Å²) in [6.45, 7) is 11.4. The zero-order valence-electron chi connectivity index (χ0n) is 11.3. The molecule has 0 heterocycles. The van der Waals surface area contributed by atoms with Crippen molar-refractivity contribution in [2.45, 2.75) is 47.0 Å². The molecule has 0 amide bonds. The van der Waals surface area contributed by atoms with Crippen molar-refractivity contribution in [3.63, 3.8) is 0 Å². The monoisotopic (exact) mass is 236 g/mol. The van der Waals surface area contributed by atoms with Gasteiger partial charge in [-0.1, -0.05) is 20.8 Å². The molecule has 17 heavy (non-hydrogen) atoms. The summed E-state index contributed by atoms with van der Waals surface area (Å²) in [5, 5.41) is 11.3. The van der Waals surface area contributed by atoms with E-state index in [2.05, 4.69) is 0 Å². The third-order valence-corrected chi connectivity index (χ3v) is 3.32. The number of rotatable bonds is 1. The van der Waals surface area contributed by atoms with Crippen LogP contribution in [0.15, 0.2) is 0 Å². The maximum Gasteiger partial charge on any atom is 0.278 e. The molecule has 4 nitrogen and oxygen atoms in total. The highest BCUT2D eigenvalue weighted by Crippen LogP contribution is 2.41. The Bertz CT molecular complexity index is 485. The predicted molar refractivity (Wildman–Crippen MR) is 70.4 cm³/mol. The molecule has 94 valence electrons. The first-order valence-corrected chi connectivity index (χ1v) is 5.63. The number of hydrogen-bond donors (Lipinski definition) is 1. The summed E-state index contributed by atoms with van der Waals surface area (Å²) in [4.78, 5) is 10.9. The smallest absolute Gasteiger partial charge is 0.278 e. The van der Waals surface area contributed by atoms with E-state index in [4.69, 9.17) is 5.73 Å². The summed E-state index contributed by atoms with van der Waals surface area (Å²) < 4.78 is 0. The summed E-state index contributed by atoms with van der Waals surface area (Å²) in [5.41, 5.74) is 9.65. The quantitative estimate of drug-likeness (QED) is 0.461. The number of nitrogens with two attached hydrogens (primary N) is 1. The minimum absolute atomic E-state index is 0.165. The van der Waals surface area contributed by atoms with Crippen molar-refractivity contribution in [2.75, 3.05) is 5.73 Å². The van der Waals surface area contributed by atoms with Crippen LogP contribution in [0.5, 0.6) is 0 Å². The highest BCUT2D eigenvalue weighted by Gasteiger charge is 2.31. The van der Waals surface area contributed by atoms with E-state index in [1.165, 1.54) is 0 Å². The van der Waals surface area contributed by atoms with Crippen LogP contribution < -0.4 is 5.73 Å². The van der Waals surface area contributed by atoms with Gasteiger partial charge in [-0.25, -0.2) is 0 Å². The van der Waals surface area contributed by atoms with Crippen molar-refractivity contribution in [1.29, 1.82) is 0 Å². The van der Waals surface area contributed by atoms with E-state index < -0.39 is 0 Å². The molecule has 0 unspecified atom stereocenters. The Balaban J connectivity index is 3.86. The first-order chi connectivity index (χ1) is 7.59. The van der Waals surface area contributed by atoms with Crippen molar-refractivity contribution in [3.05, 3.63) is 32.4 Å². The van der Waals surface area contributed by atoms with Crippen LogP contribution in [-0.2, 0) is 5.41 Å². The van der Waals surface area contributed by atoms with E-state index in [0.29, 0.717) is 16.8 Å². The Labute approximate surface area is 102 Å². The molecule has 1 aromatic rings. The van der Waals surface area contributed by atoms with Gasteiger partial charge in [-0.05, 0) is 37.3 Å². The SMILES string of the molecule is Cc1c(C)c(N)c(C(C)(C)C)c([N+](=O)[O-])c1C. The van der Waals surface area contributed by atoms with E-state index in [9.17, 15) is 10.1 Å². The maximum absolute atomic E-state index is 11.3. The maximum atomic E-state index is 11.3. The number of nitro groups is 1. The summed E-state index contributed by atoms with van der Waals surface area (Å²) in [7, 11) is 0. The lowest BCUT2D eigenvalue weighted by atomic mass is 9.80. The molecule has 4 heteroatoms. The molecule has 0 radical (unpaired) electrons. The average Bonchev–Trinajstić information content (AvgIpc) is 2.17.